The molecule has 1 aromatic heterocycles. The topological polar surface area (TPSA) is 59.1 Å². The molecule has 2 rings (SSSR count). The Labute approximate surface area is 121 Å². The molecule has 0 aliphatic rings. The first-order chi connectivity index (χ1) is 8.90. The Bertz CT molecular complexity index is 714. The summed E-state index contributed by atoms with van der Waals surface area (Å²) in [4.78, 5) is 4.44. The van der Waals surface area contributed by atoms with Crippen LogP contribution in [0.25, 0.3) is 0 Å². The molecule has 0 aliphatic heterocycles. The number of rotatable bonds is 3. The van der Waals surface area contributed by atoms with Gasteiger partial charge in [-0.15, -0.1) is 0 Å². The van der Waals surface area contributed by atoms with E-state index in [1.807, 2.05) is 6.92 Å². The van der Waals surface area contributed by atoms with Crippen LogP contribution in [0.2, 0.25) is 0 Å². The lowest BCUT2D eigenvalue weighted by Crippen LogP contribution is -2.14. The highest BCUT2D eigenvalue weighted by molar-refractivity contribution is 9.10. The lowest BCUT2D eigenvalue weighted by molar-refractivity contribution is 0.600. The fraction of sp³-hybridized carbons (Fsp3) is 0.154. The Hall–Kier alpha value is -1.40. The molecule has 6 heteroatoms. The van der Waals surface area contributed by atoms with Crippen LogP contribution in [0, 0.1) is 13.8 Å². The van der Waals surface area contributed by atoms with Gasteiger partial charge in [-0.1, -0.05) is 12.1 Å². The first kappa shape index (κ1) is 14.0. The number of anilines is 1. The average Bonchev–Trinajstić information content (AvgIpc) is 2.33. The predicted octanol–water partition coefficient (Wildman–Crippen LogP) is 3.26. The van der Waals surface area contributed by atoms with Gasteiger partial charge in [-0.2, -0.15) is 0 Å². The summed E-state index contributed by atoms with van der Waals surface area (Å²) in [6, 6.07) is 10.2. The number of nitrogens with one attached hydrogen (secondary N) is 1. The minimum Gasteiger partial charge on any atom is -0.278 e. The zero-order valence-electron chi connectivity index (χ0n) is 10.5. The van der Waals surface area contributed by atoms with Gasteiger partial charge in [0, 0.05) is 10.2 Å². The van der Waals surface area contributed by atoms with Crippen LogP contribution in [0.1, 0.15) is 11.4 Å². The minimum absolute atomic E-state index is 0.204. The molecule has 1 aromatic carbocycles. The number of nitrogens with zero attached hydrogens (tertiary/aromatic N) is 1. The van der Waals surface area contributed by atoms with Gasteiger partial charge >= 0.3 is 0 Å². The second-order valence-electron chi connectivity index (χ2n) is 4.12. The van der Waals surface area contributed by atoms with E-state index in [0.717, 1.165) is 5.69 Å². The third-order valence-corrected chi connectivity index (χ3v) is 4.97. The van der Waals surface area contributed by atoms with Crippen molar-refractivity contribution < 1.29 is 8.42 Å². The van der Waals surface area contributed by atoms with Gasteiger partial charge in [0.25, 0.3) is 10.0 Å². The van der Waals surface area contributed by atoms with Gasteiger partial charge in [-0.3, -0.25) is 9.71 Å². The van der Waals surface area contributed by atoms with Crippen LogP contribution in [0.5, 0.6) is 0 Å². The van der Waals surface area contributed by atoms with Crippen molar-refractivity contribution in [2.24, 2.45) is 0 Å². The molecule has 19 heavy (non-hydrogen) atoms. The van der Waals surface area contributed by atoms with Crippen LogP contribution in [0.4, 0.5) is 5.69 Å². The molecular weight excluding hydrogens is 328 g/mol. The Morgan fingerprint density at radius 3 is 2.42 bits per heavy atom. The molecule has 0 amide bonds. The maximum Gasteiger partial charge on any atom is 0.263 e. The van der Waals surface area contributed by atoms with Crippen LogP contribution in [-0.2, 0) is 10.0 Å². The molecular formula is C13H13BrN2O2S. The lowest BCUT2D eigenvalue weighted by atomic mass is 10.3. The molecule has 0 bridgehead atoms. The number of aromatic nitrogens is 1. The molecule has 0 unspecified atom stereocenters. The third kappa shape index (κ3) is 3.13. The number of sulfonamides is 1. The van der Waals surface area contributed by atoms with Crippen molar-refractivity contribution >= 4 is 31.6 Å². The van der Waals surface area contributed by atoms with E-state index in [0.29, 0.717) is 15.9 Å². The molecule has 0 saturated carbocycles. The molecule has 1 N–H and O–H groups in total. The Kier molecular flexibility index (Phi) is 3.91. The van der Waals surface area contributed by atoms with E-state index in [4.69, 9.17) is 0 Å². The van der Waals surface area contributed by atoms with Crippen molar-refractivity contribution in [3.8, 4) is 0 Å². The van der Waals surface area contributed by atoms with Crippen molar-refractivity contribution in [1.29, 1.82) is 0 Å². The normalized spacial score (nSPS) is 11.3. The molecule has 0 spiro atoms. The van der Waals surface area contributed by atoms with E-state index in [1.165, 1.54) is 0 Å². The number of hydrogen-bond donors (Lipinski definition) is 1. The van der Waals surface area contributed by atoms with Crippen molar-refractivity contribution in [2.45, 2.75) is 18.7 Å². The highest BCUT2D eigenvalue weighted by atomic mass is 79.9. The molecule has 2 aromatic rings. The summed E-state index contributed by atoms with van der Waals surface area (Å²) >= 11 is 3.24. The van der Waals surface area contributed by atoms with Crippen LogP contribution in [-0.4, -0.2) is 13.4 Å². The molecule has 0 radical (unpaired) electrons. The van der Waals surface area contributed by atoms with E-state index in [-0.39, 0.29) is 4.90 Å². The van der Waals surface area contributed by atoms with E-state index < -0.39 is 10.0 Å². The molecule has 100 valence electrons. The molecule has 1 heterocycles. The highest BCUT2D eigenvalue weighted by Crippen LogP contribution is 2.24. The summed E-state index contributed by atoms with van der Waals surface area (Å²) in [5, 5.41) is 0. The Morgan fingerprint density at radius 1 is 1.11 bits per heavy atom. The maximum atomic E-state index is 12.3. The van der Waals surface area contributed by atoms with E-state index in [9.17, 15) is 8.42 Å². The Morgan fingerprint density at radius 2 is 1.79 bits per heavy atom. The van der Waals surface area contributed by atoms with Crippen molar-refractivity contribution in [1.82, 2.24) is 4.98 Å². The average molecular weight is 341 g/mol. The zero-order valence-corrected chi connectivity index (χ0v) is 12.9. The Balaban J connectivity index is 2.40. The second-order valence-corrected chi connectivity index (χ2v) is 6.63. The van der Waals surface area contributed by atoms with Crippen molar-refractivity contribution in [3.63, 3.8) is 0 Å². The van der Waals surface area contributed by atoms with Gasteiger partial charge < -0.3 is 0 Å². The minimum atomic E-state index is -3.62. The predicted molar refractivity (Wildman–Crippen MR) is 78.7 cm³/mol. The highest BCUT2D eigenvalue weighted by Gasteiger charge is 2.18. The smallest absolute Gasteiger partial charge is 0.263 e. The SMILES string of the molecule is Cc1ccc(NS(=O)(=O)c2ccccc2Br)c(C)n1. The molecule has 0 saturated heterocycles. The van der Waals surface area contributed by atoms with Gasteiger partial charge in [0.2, 0.25) is 0 Å². The molecule has 4 nitrogen and oxygen atoms in total. The van der Waals surface area contributed by atoms with E-state index >= 15 is 0 Å². The summed E-state index contributed by atoms with van der Waals surface area (Å²) in [5.41, 5.74) is 1.98. The lowest BCUT2D eigenvalue weighted by Gasteiger charge is -2.11. The summed E-state index contributed by atoms with van der Waals surface area (Å²) in [7, 11) is -3.62. The quantitative estimate of drug-likeness (QED) is 0.932. The van der Waals surface area contributed by atoms with Crippen molar-refractivity contribution in [3.05, 3.63) is 52.3 Å². The first-order valence-corrected chi connectivity index (χ1v) is 7.89. The number of hydrogen-bond acceptors (Lipinski definition) is 3. The van der Waals surface area contributed by atoms with Crippen LogP contribution in [0.3, 0.4) is 0 Å². The fourth-order valence-corrected chi connectivity index (χ4v) is 3.78. The fourth-order valence-electron chi connectivity index (χ4n) is 1.66. The number of benzene rings is 1. The maximum absolute atomic E-state index is 12.3. The number of aryl methyl sites for hydroxylation is 2. The first-order valence-electron chi connectivity index (χ1n) is 5.62. The summed E-state index contributed by atoms with van der Waals surface area (Å²) in [6.07, 6.45) is 0. The summed E-state index contributed by atoms with van der Waals surface area (Å²) in [6.45, 7) is 3.63. The van der Waals surface area contributed by atoms with E-state index in [2.05, 4.69) is 25.6 Å². The van der Waals surface area contributed by atoms with Crippen LogP contribution < -0.4 is 4.72 Å². The standard InChI is InChI=1S/C13H13BrN2O2S/c1-9-7-8-12(10(2)15-9)16-19(17,18)13-6-4-3-5-11(13)14/h3-8,16H,1-2H3. The molecule has 0 fully saturated rings. The second kappa shape index (κ2) is 5.30. The largest absolute Gasteiger partial charge is 0.278 e. The zero-order chi connectivity index (χ0) is 14.0. The van der Waals surface area contributed by atoms with Gasteiger partial charge in [0.05, 0.1) is 11.4 Å². The van der Waals surface area contributed by atoms with Crippen LogP contribution >= 0.6 is 15.9 Å². The van der Waals surface area contributed by atoms with E-state index in [1.54, 1.807) is 43.3 Å². The van der Waals surface area contributed by atoms with Gasteiger partial charge in [-0.05, 0) is 54.0 Å². The van der Waals surface area contributed by atoms with Gasteiger partial charge in [-0.25, -0.2) is 8.42 Å². The van der Waals surface area contributed by atoms with Crippen LogP contribution in [0.15, 0.2) is 45.8 Å². The van der Waals surface area contributed by atoms with Crippen molar-refractivity contribution in [2.75, 3.05) is 4.72 Å². The number of pyridine rings is 1. The van der Waals surface area contributed by atoms with Gasteiger partial charge in [0.15, 0.2) is 0 Å². The molecule has 0 atom stereocenters. The molecule has 0 aliphatic carbocycles. The van der Waals surface area contributed by atoms with Gasteiger partial charge in [0.1, 0.15) is 4.90 Å². The third-order valence-electron chi connectivity index (χ3n) is 2.60. The number of halogens is 1. The summed E-state index contributed by atoms with van der Waals surface area (Å²) < 4.78 is 27.7. The summed E-state index contributed by atoms with van der Waals surface area (Å²) in [5.74, 6) is 0. The monoisotopic (exact) mass is 340 g/mol.